The summed E-state index contributed by atoms with van der Waals surface area (Å²) < 4.78 is 29.5. The summed E-state index contributed by atoms with van der Waals surface area (Å²) in [4.78, 5) is 0. The SMILES string of the molecule is CC[O][Ta]([O]CC)([O]CC)([O]CC)[O]C(C)(C)CN. The number of rotatable bonds is 11. The van der Waals surface area contributed by atoms with Gasteiger partial charge in [-0.1, -0.05) is 0 Å². The van der Waals surface area contributed by atoms with Crippen LogP contribution in [0.2, 0.25) is 0 Å². The van der Waals surface area contributed by atoms with Gasteiger partial charge in [-0.15, -0.1) is 0 Å². The van der Waals surface area contributed by atoms with Gasteiger partial charge in [-0.3, -0.25) is 0 Å². The molecule has 0 saturated carbocycles. The van der Waals surface area contributed by atoms with Crippen molar-refractivity contribution in [3.63, 3.8) is 0 Å². The first kappa shape index (κ1) is 19.5. The molecule has 0 bridgehead atoms. The second-order valence-corrected chi connectivity index (χ2v) is 14.2. The van der Waals surface area contributed by atoms with E-state index in [2.05, 4.69) is 0 Å². The Morgan fingerprint density at radius 2 is 1.11 bits per heavy atom. The zero-order chi connectivity index (χ0) is 15.0. The monoisotopic (exact) mass is 449 g/mol. The summed E-state index contributed by atoms with van der Waals surface area (Å²) in [6.07, 6.45) is 0. The molecule has 0 aromatic heterocycles. The quantitative estimate of drug-likeness (QED) is 0.522. The number of nitrogens with two attached hydrogens (primary N) is 1. The van der Waals surface area contributed by atoms with Gasteiger partial charge < -0.3 is 0 Å². The minimum atomic E-state index is -5.16. The molecule has 6 nitrogen and oxygen atoms in total. The molecule has 118 valence electrons. The predicted octanol–water partition coefficient (Wildman–Crippen LogP) is 2.15. The fourth-order valence-corrected chi connectivity index (χ4v) is 13.2. The third kappa shape index (κ3) is 5.41. The molecular formula is C12H30NO5Ta. The van der Waals surface area contributed by atoms with E-state index in [0.29, 0.717) is 33.0 Å². The maximum atomic E-state index is 6.12. The van der Waals surface area contributed by atoms with E-state index in [1.54, 1.807) is 0 Å². The Labute approximate surface area is 120 Å². The second kappa shape index (κ2) is 8.07. The van der Waals surface area contributed by atoms with Crippen LogP contribution in [-0.4, -0.2) is 38.6 Å². The van der Waals surface area contributed by atoms with Crippen LogP contribution >= 0.6 is 0 Å². The minimum absolute atomic E-state index is 0.318. The Morgan fingerprint density at radius 3 is 1.32 bits per heavy atom. The zero-order valence-electron chi connectivity index (χ0n) is 13.1. The van der Waals surface area contributed by atoms with E-state index in [1.165, 1.54) is 0 Å². The van der Waals surface area contributed by atoms with Crippen molar-refractivity contribution in [2.45, 2.75) is 47.1 Å². The molecule has 0 spiro atoms. The van der Waals surface area contributed by atoms with Gasteiger partial charge in [0, 0.05) is 0 Å². The van der Waals surface area contributed by atoms with E-state index in [9.17, 15) is 0 Å². The third-order valence-electron chi connectivity index (χ3n) is 2.25. The molecule has 0 aliphatic carbocycles. The van der Waals surface area contributed by atoms with Gasteiger partial charge >= 0.3 is 120 Å². The van der Waals surface area contributed by atoms with Crippen LogP contribution in [0, 0.1) is 0 Å². The average molecular weight is 449 g/mol. The molecule has 0 fully saturated rings. The number of hydrogen-bond acceptors (Lipinski definition) is 6. The van der Waals surface area contributed by atoms with Crippen molar-refractivity contribution in [1.29, 1.82) is 0 Å². The van der Waals surface area contributed by atoms with Crippen LogP contribution in [0.3, 0.4) is 0 Å². The molecule has 19 heavy (non-hydrogen) atoms. The van der Waals surface area contributed by atoms with E-state index >= 15 is 0 Å². The fourth-order valence-electron chi connectivity index (χ4n) is 1.61. The van der Waals surface area contributed by atoms with Crippen LogP contribution in [0.5, 0.6) is 0 Å². The topological polar surface area (TPSA) is 72.2 Å². The number of hydrogen-bond donors (Lipinski definition) is 1. The van der Waals surface area contributed by atoms with Crippen LogP contribution in [-0.2, 0) is 34.0 Å². The maximum absolute atomic E-state index is 6.12. The molecule has 0 atom stereocenters. The summed E-state index contributed by atoms with van der Waals surface area (Å²) in [6.45, 7) is 13.1. The first-order valence-corrected chi connectivity index (χ1v) is 13.4. The Balaban J connectivity index is 5.55. The Hall–Kier alpha value is 0.500. The van der Waals surface area contributed by atoms with Crippen molar-refractivity contribution in [3.8, 4) is 0 Å². The van der Waals surface area contributed by atoms with Gasteiger partial charge in [0.15, 0.2) is 0 Å². The zero-order valence-corrected chi connectivity index (χ0v) is 16.3. The van der Waals surface area contributed by atoms with Gasteiger partial charge in [-0.2, -0.15) is 0 Å². The summed E-state index contributed by atoms with van der Waals surface area (Å²) in [7, 11) is 0. The van der Waals surface area contributed by atoms with Crippen LogP contribution in [0.4, 0.5) is 0 Å². The van der Waals surface area contributed by atoms with E-state index in [0.717, 1.165) is 0 Å². The van der Waals surface area contributed by atoms with Gasteiger partial charge in [-0.25, -0.2) is 0 Å². The first-order chi connectivity index (χ1) is 8.82. The van der Waals surface area contributed by atoms with E-state index in [4.69, 9.17) is 22.0 Å². The van der Waals surface area contributed by atoms with Crippen LogP contribution < -0.4 is 5.73 Å². The van der Waals surface area contributed by atoms with Gasteiger partial charge in [-0.05, 0) is 0 Å². The normalized spacial score (nSPS) is 15.2. The fraction of sp³-hybridized carbons (Fsp3) is 1.00. The molecule has 0 heterocycles. The summed E-state index contributed by atoms with van der Waals surface area (Å²) in [5.74, 6) is 0. The first-order valence-electron chi connectivity index (χ1n) is 6.86. The average Bonchev–Trinajstić information content (AvgIpc) is 2.29. The van der Waals surface area contributed by atoms with E-state index in [-0.39, 0.29) is 0 Å². The molecule has 2 N–H and O–H groups in total. The van der Waals surface area contributed by atoms with Gasteiger partial charge in [0.05, 0.1) is 0 Å². The molecule has 0 saturated heterocycles. The second-order valence-electron chi connectivity index (χ2n) is 4.47. The van der Waals surface area contributed by atoms with Crippen molar-refractivity contribution in [3.05, 3.63) is 0 Å². The van der Waals surface area contributed by atoms with E-state index in [1.807, 2.05) is 41.5 Å². The Bertz CT molecular complexity index is 227. The summed E-state index contributed by atoms with van der Waals surface area (Å²) >= 11 is -5.16. The van der Waals surface area contributed by atoms with Crippen LogP contribution in [0.1, 0.15) is 41.5 Å². The summed E-state index contributed by atoms with van der Waals surface area (Å²) in [6, 6.07) is 0. The summed E-state index contributed by atoms with van der Waals surface area (Å²) in [5, 5.41) is 0. The molecule has 0 aromatic carbocycles. The molecule has 0 aliphatic rings. The van der Waals surface area contributed by atoms with Crippen molar-refractivity contribution >= 4 is 0 Å². The van der Waals surface area contributed by atoms with Crippen molar-refractivity contribution in [2.24, 2.45) is 5.73 Å². The standard InChI is InChI=1S/C4H10NO.4C2H5O.Ta/c1-4(2,6)3-5;4*1-2-3;/h3,5H2,1-2H3;4*2H2,1H3;/q5*-1;+5. The Kier molecular flexibility index (Phi) is 8.28. The van der Waals surface area contributed by atoms with Crippen LogP contribution in [0.25, 0.3) is 0 Å². The third-order valence-corrected chi connectivity index (χ3v) is 14.9. The molecule has 0 unspecified atom stereocenters. The summed E-state index contributed by atoms with van der Waals surface area (Å²) in [5.41, 5.74) is 5.11. The van der Waals surface area contributed by atoms with Crippen LogP contribution in [0.15, 0.2) is 0 Å². The van der Waals surface area contributed by atoms with Crippen molar-refractivity contribution in [2.75, 3.05) is 33.0 Å². The molecule has 0 rings (SSSR count). The van der Waals surface area contributed by atoms with E-state index < -0.39 is 23.4 Å². The molecular weight excluding hydrogens is 419 g/mol. The van der Waals surface area contributed by atoms with Crippen molar-refractivity contribution < 1.29 is 34.0 Å². The molecule has 0 radical (unpaired) electrons. The Morgan fingerprint density at radius 1 is 0.789 bits per heavy atom. The van der Waals surface area contributed by atoms with Gasteiger partial charge in [0.1, 0.15) is 0 Å². The molecule has 0 aromatic rings. The van der Waals surface area contributed by atoms with Gasteiger partial charge in [0.25, 0.3) is 0 Å². The molecule has 7 heteroatoms. The van der Waals surface area contributed by atoms with Gasteiger partial charge in [0.2, 0.25) is 0 Å². The van der Waals surface area contributed by atoms with Crippen molar-refractivity contribution in [1.82, 2.24) is 0 Å². The predicted molar refractivity (Wildman–Crippen MR) is 70.7 cm³/mol. The molecule has 0 aliphatic heterocycles. The molecule has 0 amide bonds.